The summed E-state index contributed by atoms with van der Waals surface area (Å²) in [6, 6.07) is 9.74. The molecular formula is C19H27N3O2. The van der Waals surface area contributed by atoms with E-state index < -0.39 is 0 Å². The molecule has 0 radical (unpaired) electrons. The Balaban J connectivity index is 1.50. The summed E-state index contributed by atoms with van der Waals surface area (Å²) in [6.45, 7) is 3.52. The number of benzene rings is 1. The number of hydrogen-bond donors (Lipinski definition) is 2. The molecule has 5 heteroatoms. The zero-order valence-corrected chi connectivity index (χ0v) is 14.3. The zero-order chi connectivity index (χ0) is 16.9. The highest BCUT2D eigenvalue weighted by atomic mass is 16.2. The SMILES string of the molecule is CCCC1CC(C(=O)N2CCC(C(=O)c3ccccc3)CC2)NN1. The molecule has 2 N–H and O–H groups in total. The summed E-state index contributed by atoms with van der Waals surface area (Å²) < 4.78 is 0. The van der Waals surface area contributed by atoms with Crippen molar-refractivity contribution < 1.29 is 9.59 Å². The van der Waals surface area contributed by atoms with E-state index in [-0.39, 0.29) is 23.7 Å². The van der Waals surface area contributed by atoms with E-state index in [1.165, 1.54) is 0 Å². The van der Waals surface area contributed by atoms with Gasteiger partial charge in [0.05, 0.1) is 0 Å². The van der Waals surface area contributed by atoms with Gasteiger partial charge in [-0.15, -0.1) is 0 Å². The fraction of sp³-hybridized carbons (Fsp3) is 0.579. The van der Waals surface area contributed by atoms with Gasteiger partial charge < -0.3 is 4.90 Å². The summed E-state index contributed by atoms with van der Waals surface area (Å²) in [4.78, 5) is 27.1. The van der Waals surface area contributed by atoms with Gasteiger partial charge in [-0.2, -0.15) is 0 Å². The van der Waals surface area contributed by atoms with Gasteiger partial charge >= 0.3 is 0 Å². The molecular weight excluding hydrogens is 302 g/mol. The molecule has 5 nitrogen and oxygen atoms in total. The van der Waals surface area contributed by atoms with Crippen molar-refractivity contribution in [3.05, 3.63) is 35.9 Å². The Hall–Kier alpha value is -1.72. The van der Waals surface area contributed by atoms with Crippen molar-refractivity contribution in [2.75, 3.05) is 13.1 Å². The van der Waals surface area contributed by atoms with E-state index >= 15 is 0 Å². The minimum Gasteiger partial charge on any atom is -0.341 e. The molecule has 0 aromatic heterocycles. The summed E-state index contributed by atoms with van der Waals surface area (Å²) >= 11 is 0. The quantitative estimate of drug-likeness (QED) is 0.813. The third-order valence-electron chi connectivity index (χ3n) is 5.15. The molecule has 2 atom stereocenters. The van der Waals surface area contributed by atoms with Crippen LogP contribution in [0.15, 0.2) is 30.3 Å². The second-order valence-electron chi connectivity index (χ2n) is 6.89. The van der Waals surface area contributed by atoms with Gasteiger partial charge in [0.25, 0.3) is 0 Å². The highest BCUT2D eigenvalue weighted by Gasteiger charge is 2.34. The van der Waals surface area contributed by atoms with Gasteiger partial charge in [0.1, 0.15) is 6.04 Å². The van der Waals surface area contributed by atoms with Crippen LogP contribution in [0.2, 0.25) is 0 Å². The zero-order valence-electron chi connectivity index (χ0n) is 14.3. The van der Waals surface area contributed by atoms with Gasteiger partial charge in [0.15, 0.2) is 5.78 Å². The maximum atomic E-state index is 12.6. The van der Waals surface area contributed by atoms with Gasteiger partial charge in [0.2, 0.25) is 5.91 Å². The second-order valence-corrected chi connectivity index (χ2v) is 6.89. The summed E-state index contributed by atoms with van der Waals surface area (Å²) in [5, 5.41) is 0. The summed E-state index contributed by atoms with van der Waals surface area (Å²) in [6.07, 6.45) is 4.59. The van der Waals surface area contributed by atoms with Gasteiger partial charge in [-0.1, -0.05) is 43.7 Å². The number of nitrogens with one attached hydrogen (secondary N) is 2. The summed E-state index contributed by atoms with van der Waals surface area (Å²) in [5.41, 5.74) is 7.15. The minimum absolute atomic E-state index is 0.0407. The molecule has 2 aliphatic heterocycles. The highest BCUT2D eigenvalue weighted by Crippen LogP contribution is 2.23. The van der Waals surface area contributed by atoms with Crippen LogP contribution in [0.25, 0.3) is 0 Å². The molecule has 2 aliphatic rings. The number of rotatable bonds is 5. The van der Waals surface area contributed by atoms with Crippen LogP contribution in [0.1, 0.15) is 49.4 Å². The standard InChI is InChI=1S/C19H27N3O2/c1-2-6-16-13-17(21-20-16)19(24)22-11-9-15(10-12-22)18(23)14-7-4-3-5-8-14/h3-5,7-8,15-17,20-21H,2,6,9-13H2,1H3. The number of piperidine rings is 1. The average Bonchev–Trinajstić information content (AvgIpc) is 3.10. The molecule has 130 valence electrons. The first-order chi connectivity index (χ1) is 11.7. The molecule has 2 saturated heterocycles. The van der Waals surface area contributed by atoms with Crippen molar-refractivity contribution in [2.45, 2.75) is 51.1 Å². The summed E-state index contributed by atoms with van der Waals surface area (Å²) in [5.74, 6) is 0.428. The van der Waals surface area contributed by atoms with Gasteiger partial charge in [-0.3, -0.25) is 15.0 Å². The van der Waals surface area contributed by atoms with Crippen molar-refractivity contribution >= 4 is 11.7 Å². The topological polar surface area (TPSA) is 61.4 Å². The number of amides is 1. The van der Waals surface area contributed by atoms with E-state index in [1.807, 2.05) is 35.2 Å². The van der Waals surface area contributed by atoms with Crippen molar-refractivity contribution in [3.8, 4) is 0 Å². The third kappa shape index (κ3) is 3.84. The van der Waals surface area contributed by atoms with Gasteiger partial charge in [-0.25, -0.2) is 5.43 Å². The van der Waals surface area contributed by atoms with Crippen LogP contribution in [0.3, 0.4) is 0 Å². The maximum absolute atomic E-state index is 12.6. The monoisotopic (exact) mass is 329 g/mol. The molecule has 2 unspecified atom stereocenters. The van der Waals surface area contributed by atoms with E-state index in [2.05, 4.69) is 17.8 Å². The Morgan fingerprint density at radius 2 is 1.83 bits per heavy atom. The predicted molar refractivity (Wildman–Crippen MR) is 93.4 cm³/mol. The number of Topliss-reactive ketones (excluding diaryl/α,β-unsaturated/α-hetero) is 1. The molecule has 24 heavy (non-hydrogen) atoms. The lowest BCUT2D eigenvalue weighted by Gasteiger charge is -2.32. The van der Waals surface area contributed by atoms with Crippen molar-refractivity contribution in [3.63, 3.8) is 0 Å². The van der Waals surface area contributed by atoms with Crippen LogP contribution >= 0.6 is 0 Å². The van der Waals surface area contributed by atoms with Gasteiger partial charge in [0, 0.05) is 30.6 Å². The minimum atomic E-state index is -0.122. The molecule has 1 aromatic rings. The van der Waals surface area contributed by atoms with Crippen molar-refractivity contribution in [2.24, 2.45) is 5.92 Å². The lowest BCUT2D eigenvalue weighted by Crippen LogP contribution is -2.49. The van der Waals surface area contributed by atoms with E-state index in [0.29, 0.717) is 19.1 Å². The maximum Gasteiger partial charge on any atom is 0.241 e. The Labute approximate surface area is 143 Å². The Morgan fingerprint density at radius 3 is 2.50 bits per heavy atom. The number of hydrazine groups is 1. The Bertz CT molecular complexity index is 567. The lowest BCUT2D eigenvalue weighted by molar-refractivity contribution is -0.134. The van der Waals surface area contributed by atoms with E-state index in [1.54, 1.807) is 0 Å². The molecule has 2 heterocycles. The van der Waals surface area contributed by atoms with E-state index in [0.717, 1.165) is 37.7 Å². The number of carbonyl (C=O) groups excluding carboxylic acids is 2. The molecule has 0 aliphatic carbocycles. The smallest absolute Gasteiger partial charge is 0.241 e. The second kappa shape index (κ2) is 7.90. The molecule has 2 fully saturated rings. The first-order valence-corrected chi connectivity index (χ1v) is 9.08. The van der Waals surface area contributed by atoms with Crippen LogP contribution in [0.4, 0.5) is 0 Å². The average molecular weight is 329 g/mol. The highest BCUT2D eigenvalue weighted by molar-refractivity contribution is 5.98. The number of nitrogens with zero attached hydrogens (tertiary/aromatic N) is 1. The number of carbonyl (C=O) groups is 2. The molecule has 0 saturated carbocycles. The van der Waals surface area contributed by atoms with E-state index in [9.17, 15) is 9.59 Å². The lowest BCUT2D eigenvalue weighted by atomic mass is 9.88. The predicted octanol–water partition coefficient (Wildman–Crippen LogP) is 2.14. The number of hydrogen-bond acceptors (Lipinski definition) is 4. The molecule has 0 bridgehead atoms. The first-order valence-electron chi connectivity index (χ1n) is 9.08. The van der Waals surface area contributed by atoms with E-state index in [4.69, 9.17) is 0 Å². The molecule has 3 rings (SSSR count). The number of likely N-dealkylation sites (tertiary alicyclic amines) is 1. The fourth-order valence-electron chi connectivity index (χ4n) is 3.74. The van der Waals surface area contributed by atoms with Crippen LogP contribution < -0.4 is 10.9 Å². The van der Waals surface area contributed by atoms with Crippen LogP contribution in [0.5, 0.6) is 0 Å². The Morgan fingerprint density at radius 1 is 1.12 bits per heavy atom. The van der Waals surface area contributed by atoms with Crippen molar-refractivity contribution in [1.82, 2.24) is 15.8 Å². The van der Waals surface area contributed by atoms with Crippen LogP contribution in [-0.2, 0) is 4.79 Å². The Kier molecular flexibility index (Phi) is 5.63. The third-order valence-corrected chi connectivity index (χ3v) is 5.15. The molecule has 1 aromatic carbocycles. The normalized spacial score (nSPS) is 25.0. The molecule has 0 spiro atoms. The van der Waals surface area contributed by atoms with Crippen LogP contribution in [-0.4, -0.2) is 41.8 Å². The molecule has 1 amide bonds. The largest absolute Gasteiger partial charge is 0.341 e. The van der Waals surface area contributed by atoms with Gasteiger partial charge in [-0.05, 0) is 25.7 Å². The van der Waals surface area contributed by atoms with Crippen LogP contribution in [0, 0.1) is 5.92 Å². The first kappa shape index (κ1) is 17.1. The number of ketones is 1. The van der Waals surface area contributed by atoms with Crippen molar-refractivity contribution in [1.29, 1.82) is 0 Å². The summed E-state index contributed by atoms with van der Waals surface area (Å²) in [7, 11) is 0. The fourth-order valence-corrected chi connectivity index (χ4v) is 3.74.